The fraction of sp³-hybridized carbons (Fsp3) is 0.667. The Morgan fingerprint density at radius 3 is 1.83 bits per heavy atom. The number of aliphatic carboxylic acids is 1. The molecule has 1 rings (SSSR count). The van der Waals surface area contributed by atoms with E-state index in [1.807, 2.05) is 13.8 Å². The maximum Gasteiger partial charge on any atom is 0.513 e. The van der Waals surface area contributed by atoms with Crippen molar-refractivity contribution in [3.8, 4) is 11.5 Å². The number of carboxylic acids is 1. The second-order valence-corrected chi connectivity index (χ2v) is 11.1. The number of carbonyl (C=O) groups is 4. The molecule has 0 saturated carbocycles. The highest BCUT2D eigenvalue weighted by Gasteiger charge is 2.36. The lowest BCUT2D eigenvalue weighted by Crippen LogP contribution is -2.43. The lowest BCUT2D eigenvalue weighted by molar-refractivity contribution is -0.139. The molecule has 0 spiro atoms. The fourth-order valence-electron chi connectivity index (χ4n) is 3.97. The van der Waals surface area contributed by atoms with E-state index >= 15 is 0 Å². The van der Waals surface area contributed by atoms with Gasteiger partial charge in [0.25, 0.3) is 0 Å². The van der Waals surface area contributed by atoms with E-state index in [4.69, 9.17) is 34.2 Å². The second kappa shape index (κ2) is 18.1. The van der Waals surface area contributed by atoms with Crippen LogP contribution in [0.4, 0.5) is 14.4 Å². The van der Waals surface area contributed by atoms with E-state index in [2.05, 4.69) is 0 Å². The number of benzene rings is 1. The maximum atomic E-state index is 12.5. The summed E-state index contributed by atoms with van der Waals surface area (Å²) in [5, 5.41) is 9.78. The zero-order valence-corrected chi connectivity index (χ0v) is 25.8. The fourth-order valence-corrected chi connectivity index (χ4v) is 3.97. The van der Waals surface area contributed by atoms with E-state index < -0.39 is 54.0 Å². The number of unbranched alkanes of at least 4 members (excludes halogenated alkanes) is 4. The Hall–Kier alpha value is -3.54. The first-order chi connectivity index (χ1) is 19.7. The first-order valence-electron chi connectivity index (χ1n) is 14.4. The third-order valence-electron chi connectivity index (χ3n) is 6.33. The molecule has 0 saturated heterocycles. The molecule has 0 amide bonds. The monoisotopic (exact) mass is 597 g/mol. The predicted octanol–water partition coefficient (Wildman–Crippen LogP) is 6.57. The first-order valence-corrected chi connectivity index (χ1v) is 14.4. The largest absolute Gasteiger partial charge is 0.513 e. The minimum Gasteiger partial charge on any atom is -0.480 e. The average molecular weight is 598 g/mol. The topological polar surface area (TPSA) is 170 Å². The van der Waals surface area contributed by atoms with Crippen LogP contribution in [0.25, 0.3) is 0 Å². The summed E-state index contributed by atoms with van der Waals surface area (Å²) < 4.78 is 31.5. The van der Waals surface area contributed by atoms with Gasteiger partial charge in [0.2, 0.25) is 0 Å². The summed E-state index contributed by atoms with van der Waals surface area (Å²) in [4.78, 5) is 49.0. The molecule has 12 nitrogen and oxygen atoms in total. The Labute approximate surface area is 248 Å². The van der Waals surface area contributed by atoms with Crippen molar-refractivity contribution < 1.29 is 52.7 Å². The Morgan fingerprint density at radius 1 is 0.833 bits per heavy atom. The van der Waals surface area contributed by atoms with Crippen LogP contribution in [-0.2, 0) is 23.7 Å². The summed E-state index contributed by atoms with van der Waals surface area (Å²) in [6.45, 7) is 12.6. The molecule has 0 aromatic heterocycles. The van der Waals surface area contributed by atoms with Crippen molar-refractivity contribution in [3.05, 3.63) is 23.8 Å². The molecule has 0 radical (unpaired) electrons. The van der Waals surface area contributed by atoms with Crippen LogP contribution in [0.1, 0.15) is 98.5 Å². The van der Waals surface area contributed by atoms with Crippen LogP contribution in [0, 0.1) is 5.92 Å². The zero-order valence-electron chi connectivity index (χ0n) is 25.8. The molecule has 238 valence electrons. The van der Waals surface area contributed by atoms with Crippen molar-refractivity contribution in [1.29, 1.82) is 0 Å². The van der Waals surface area contributed by atoms with Crippen LogP contribution in [0.3, 0.4) is 0 Å². The van der Waals surface area contributed by atoms with Gasteiger partial charge in [0.15, 0.2) is 11.5 Å². The van der Waals surface area contributed by atoms with E-state index in [1.54, 1.807) is 34.6 Å². The number of hydrogen-bond acceptors (Lipinski definition) is 11. The summed E-state index contributed by atoms with van der Waals surface area (Å²) in [7, 11) is 0. The molecule has 0 aliphatic rings. The molecule has 0 heterocycles. The van der Waals surface area contributed by atoms with Crippen LogP contribution in [0.15, 0.2) is 18.2 Å². The van der Waals surface area contributed by atoms with E-state index in [0.29, 0.717) is 18.4 Å². The third-order valence-corrected chi connectivity index (χ3v) is 6.33. The third kappa shape index (κ3) is 13.4. The highest BCUT2D eigenvalue weighted by atomic mass is 16.7. The van der Waals surface area contributed by atoms with Gasteiger partial charge in [-0.15, -0.1) is 0 Å². The van der Waals surface area contributed by atoms with E-state index in [0.717, 1.165) is 25.7 Å². The number of ether oxygens (including phenoxy) is 6. The molecule has 1 aromatic carbocycles. The van der Waals surface area contributed by atoms with Crippen molar-refractivity contribution in [2.24, 2.45) is 11.7 Å². The van der Waals surface area contributed by atoms with Crippen molar-refractivity contribution in [3.63, 3.8) is 0 Å². The highest BCUT2D eigenvalue weighted by molar-refractivity contribution is 5.75. The standard InChI is InChI=1S/C30H47NO11/c1-8-10-12-16-37-27(34)40-22-15-14-21(18-23(22)41-28(35)38-17-13-11-9-2)24(25(31)26(32)33)19(3)20(4)39-29(36)42-30(5,6)7/h14-15,18-20,24-25H,8-13,16-17,31H2,1-7H3,(H,32,33)/t19?,20?,24?,25-/m0/s1. The minimum atomic E-state index is -1.44. The van der Waals surface area contributed by atoms with Crippen LogP contribution >= 0.6 is 0 Å². The molecule has 42 heavy (non-hydrogen) atoms. The van der Waals surface area contributed by atoms with Gasteiger partial charge in [-0.2, -0.15) is 0 Å². The van der Waals surface area contributed by atoms with Crippen LogP contribution in [0.2, 0.25) is 0 Å². The number of carboxylic acid groups (broad SMARTS) is 1. The smallest absolute Gasteiger partial charge is 0.480 e. The van der Waals surface area contributed by atoms with E-state index in [9.17, 15) is 24.3 Å². The van der Waals surface area contributed by atoms with Gasteiger partial charge in [-0.25, -0.2) is 14.4 Å². The zero-order chi connectivity index (χ0) is 31.9. The van der Waals surface area contributed by atoms with Gasteiger partial charge >= 0.3 is 24.4 Å². The van der Waals surface area contributed by atoms with Crippen LogP contribution in [-0.4, -0.2) is 60.5 Å². The molecule has 1 aromatic rings. The maximum absolute atomic E-state index is 12.5. The van der Waals surface area contributed by atoms with Crippen LogP contribution < -0.4 is 15.2 Å². The van der Waals surface area contributed by atoms with Crippen molar-refractivity contribution in [1.82, 2.24) is 0 Å². The number of carbonyl (C=O) groups excluding carboxylic acids is 3. The van der Waals surface area contributed by atoms with Gasteiger partial charge in [0, 0.05) is 11.8 Å². The van der Waals surface area contributed by atoms with Gasteiger partial charge in [0.05, 0.1) is 13.2 Å². The molecule has 0 aliphatic carbocycles. The second-order valence-electron chi connectivity index (χ2n) is 11.1. The molecule has 3 N–H and O–H groups in total. The molecule has 12 heteroatoms. The lowest BCUT2D eigenvalue weighted by Gasteiger charge is -2.32. The predicted molar refractivity (Wildman–Crippen MR) is 154 cm³/mol. The molecule has 0 bridgehead atoms. The first kappa shape index (κ1) is 36.5. The Morgan fingerprint density at radius 2 is 1.36 bits per heavy atom. The van der Waals surface area contributed by atoms with Crippen molar-refractivity contribution in [2.75, 3.05) is 13.2 Å². The molecular weight excluding hydrogens is 550 g/mol. The Kier molecular flexibility index (Phi) is 15.7. The quantitative estimate of drug-likeness (QED) is 0.0910. The summed E-state index contributed by atoms with van der Waals surface area (Å²) in [6, 6.07) is 2.74. The molecule has 3 unspecified atom stereocenters. The van der Waals surface area contributed by atoms with Gasteiger partial charge < -0.3 is 39.3 Å². The minimum absolute atomic E-state index is 0.130. The number of rotatable bonds is 16. The van der Waals surface area contributed by atoms with Gasteiger partial charge in [-0.1, -0.05) is 52.5 Å². The lowest BCUT2D eigenvalue weighted by atomic mass is 9.79. The summed E-state index contributed by atoms with van der Waals surface area (Å²) in [6.07, 6.45) is 1.14. The SMILES string of the molecule is CCCCCOC(=O)Oc1ccc(C(C(C)C(C)OC(=O)OC(C)(C)C)[C@H](N)C(=O)O)cc1OC(=O)OCCCCC. The van der Waals surface area contributed by atoms with Crippen molar-refractivity contribution in [2.45, 2.75) is 111 Å². The molecule has 0 fully saturated rings. The van der Waals surface area contributed by atoms with Crippen LogP contribution in [0.5, 0.6) is 11.5 Å². The van der Waals surface area contributed by atoms with Gasteiger partial charge in [-0.3, -0.25) is 4.79 Å². The van der Waals surface area contributed by atoms with E-state index in [1.165, 1.54) is 18.2 Å². The Balaban J connectivity index is 3.33. The molecular formula is C30H47NO11. The molecule has 0 aliphatic heterocycles. The number of hydrogen-bond donors (Lipinski definition) is 2. The Bertz CT molecular complexity index is 1020. The normalized spacial score (nSPS) is 14.1. The summed E-state index contributed by atoms with van der Waals surface area (Å²) >= 11 is 0. The number of nitrogens with two attached hydrogens (primary N) is 1. The van der Waals surface area contributed by atoms with Gasteiger partial charge in [-0.05, 0) is 58.2 Å². The molecule has 4 atom stereocenters. The van der Waals surface area contributed by atoms with Gasteiger partial charge in [0.1, 0.15) is 17.7 Å². The summed E-state index contributed by atoms with van der Waals surface area (Å²) in [5.74, 6) is -3.22. The summed E-state index contributed by atoms with van der Waals surface area (Å²) in [5.41, 5.74) is 5.64. The van der Waals surface area contributed by atoms with E-state index in [-0.39, 0.29) is 24.7 Å². The average Bonchev–Trinajstić information content (AvgIpc) is 2.89. The highest BCUT2D eigenvalue weighted by Crippen LogP contribution is 2.37. The van der Waals surface area contributed by atoms with Crippen molar-refractivity contribution >= 4 is 24.4 Å².